The van der Waals surface area contributed by atoms with Gasteiger partial charge in [0.1, 0.15) is 17.5 Å². The molecule has 8 heteroatoms. The Balaban J connectivity index is 2.81. The Hall–Kier alpha value is -1.89. The molecule has 5 nitrogen and oxygen atoms in total. The third-order valence-corrected chi connectivity index (χ3v) is 2.57. The number of nitrogens with two attached hydrogens (primary N) is 1. The van der Waals surface area contributed by atoms with E-state index >= 15 is 0 Å². The summed E-state index contributed by atoms with van der Waals surface area (Å²) in [5.41, 5.74) is 4.79. The normalized spacial score (nSPS) is 13.2. The molecule has 0 heterocycles. The summed E-state index contributed by atoms with van der Waals surface area (Å²) in [6, 6.07) is 0.921. The Morgan fingerprint density at radius 1 is 1.53 bits per heavy atom. The number of oxime groups is 1. The van der Waals surface area contributed by atoms with Gasteiger partial charge in [-0.3, -0.25) is 4.79 Å². The van der Waals surface area contributed by atoms with E-state index in [1.165, 1.54) is 0 Å². The fourth-order valence-corrected chi connectivity index (χ4v) is 1.55. The molecule has 0 fully saturated rings. The molecule has 1 amide bonds. The van der Waals surface area contributed by atoms with Gasteiger partial charge in [-0.2, -0.15) is 0 Å². The van der Waals surface area contributed by atoms with E-state index in [9.17, 15) is 13.6 Å². The number of amides is 1. The van der Waals surface area contributed by atoms with Gasteiger partial charge < -0.3 is 16.3 Å². The van der Waals surface area contributed by atoms with Crippen LogP contribution >= 0.6 is 11.6 Å². The molecule has 0 aromatic heterocycles. The second-order valence-electron chi connectivity index (χ2n) is 3.92. The molecule has 0 saturated heterocycles. The maximum atomic E-state index is 13.5. The van der Waals surface area contributed by atoms with E-state index in [0.29, 0.717) is 6.07 Å². The van der Waals surface area contributed by atoms with Gasteiger partial charge in [0.25, 0.3) is 5.91 Å². The van der Waals surface area contributed by atoms with Crippen LogP contribution in [0.4, 0.5) is 8.78 Å². The fourth-order valence-electron chi connectivity index (χ4n) is 1.40. The Labute approximate surface area is 113 Å². The highest BCUT2D eigenvalue weighted by atomic mass is 35.5. The van der Waals surface area contributed by atoms with Crippen LogP contribution in [0.15, 0.2) is 17.3 Å². The number of rotatable bonds is 4. The van der Waals surface area contributed by atoms with Crippen molar-refractivity contribution < 1.29 is 18.8 Å². The third-order valence-electron chi connectivity index (χ3n) is 2.28. The van der Waals surface area contributed by atoms with Gasteiger partial charge in [-0.05, 0) is 19.1 Å². The molecular formula is C11H12ClF2N3O2. The number of hydrogen-bond donors (Lipinski definition) is 3. The van der Waals surface area contributed by atoms with Gasteiger partial charge in [0.2, 0.25) is 0 Å². The van der Waals surface area contributed by atoms with Gasteiger partial charge in [-0.1, -0.05) is 16.8 Å². The Morgan fingerprint density at radius 3 is 2.74 bits per heavy atom. The Bertz CT molecular complexity index is 523. The highest BCUT2D eigenvalue weighted by molar-refractivity contribution is 6.30. The molecule has 0 radical (unpaired) electrons. The van der Waals surface area contributed by atoms with Crippen LogP contribution in [0.3, 0.4) is 0 Å². The van der Waals surface area contributed by atoms with E-state index in [2.05, 4.69) is 10.5 Å². The smallest absolute Gasteiger partial charge is 0.254 e. The standard InChI is InChI=1S/C11H12ClF2N3O2/c1-5(2-10(15)17-19)16-11(18)6-3-9(14)7(12)4-8(6)13/h3-5,19H,2H2,1H3,(H2,15,17)(H,16,18). The van der Waals surface area contributed by atoms with Crippen LogP contribution in [-0.4, -0.2) is 23.0 Å². The summed E-state index contributed by atoms with van der Waals surface area (Å²) in [7, 11) is 0. The molecule has 19 heavy (non-hydrogen) atoms. The number of hydrogen-bond acceptors (Lipinski definition) is 3. The highest BCUT2D eigenvalue weighted by Crippen LogP contribution is 2.19. The van der Waals surface area contributed by atoms with E-state index < -0.39 is 34.2 Å². The van der Waals surface area contributed by atoms with Gasteiger partial charge in [-0.15, -0.1) is 0 Å². The minimum absolute atomic E-state index is 0.0694. The first-order valence-electron chi connectivity index (χ1n) is 5.27. The van der Waals surface area contributed by atoms with E-state index in [-0.39, 0.29) is 12.3 Å². The number of benzene rings is 1. The highest BCUT2D eigenvalue weighted by Gasteiger charge is 2.17. The molecule has 4 N–H and O–H groups in total. The van der Waals surface area contributed by atoms with Crippen molar-refractivity contribution in [2.24, 2.45) is 10.9 Å². The van der Waals surface area contributed by atoms with E-state index in [1.807, 2.05) is 0 Å². The van der Waals surface area contributed by atoms with Gasteiger partial charge in [0.05, 0.1) is 10.6 Å². The summed E-state index contributed by atoms with van der Waals surface area (Å²) in [5.74, 6) is -2.72. The van der Waals surface area contributed by atoms with Crippen molar-refractivity contribution in [3.05, 3.63) is 34.4 Å². The lowest BCUT2D eigenvalue weighted by Gasteiger charge is -2.13. The lowest BCUT2D eigenvalue weighted by molar-refractivity contribution is 0.0936. The van der Waals surface area contributed by atoms with Crippen molar-refractivity contribution in [2.75, 3.05) is 0 Å². The molecule has 104 valence electrons. The van der Waals surface area contributed by atoms with Crippen molar-refractivity contribution in [1.29, 1.82) is 0 Å². The van der Waals surface area contributed by atoms with Gasteiger partial charge >= 0.3 is 0 Å². The molecule has 0 aliphatic heterocycles. The number of amidine groups is 1. The Kier molecular flexibility index (Phi) is 5.05. The monoisotopic (exact) mass is 291 g/mol. The molecule has 1 unspecified atom stereocenters. The quantitative estimate of drug-likeness (QED) is 0.260. The molecule has 1 aromatic carbocycles. The number of nitrogens with one attached hydrogen (secondary N) is 1. The maximum Gasteiger partial charge on any atom is 0.254 e. The van der Waals surface area contributed by atoms with Crippen LogP contribution < -0.4 is 11.1 Å². The SMILES string of the molecule is CC(C/C(N)=N/O)NC(=O)c1cc(F)c(Cl)cc1F. The summed E-state index contributed by atoms with van der Waals surface area (Å²) < 4.78 is 26.6. The predicted octanol–water partition coefficient (Wildman–Crippen LogP) is 1.87. The Morgan fingerprint density at radius 2 is 2.16 bits per heavy atom. The van der Waals surface area contributed by atoms with Crippen LogP contribution in [0.25, 0.3) is 0 Å². The molecule has 1 atom stereocenters. The van der Waals surface area contributed by atoms with E-state index in [1.54, 1.807) is 6.92 Å². The number of nitrogens with zero attached hydrogens (tertiary/aromatic N) is 1. The molecule has 0 aliphatic carbocycles. The van der Waals surface area contributed by atoms with Crippen LogP contribution in [0.1, 0.15) is 23.7 Å². The summed E-state index contributed by atoms with van der Waals surface area (Å²) in [5, 5.41) is 13.1. The van der Waals surface area contributed by atoms with Crippen LogP contribution in [0.2, 0.25) is 5.02 Å². The fraction of sp³-hybridized carbons (Fsp3) is 0.273. The molecule has 0 bridgehead atoms. The number of carbonyl (C=O) groups is 1. The zero-order valence-corrected chi connectivity index (χ0v) is 10.7. The lowest BCUT2D eigenvalue weighted by atomic mass is 10.1. The molecular weight excluding hydrogens is 280 g/mol. The second-order valence-corrected chi connectivity index (χ2v) is 4.32. The number of carbonyl (C=O) groups excluding carboxylic acids is 1. The topological polar surface area (TPSA) is 87.7 Å². The van der Waals surface area contributed by atoms with Crippen molar-refractivity contribution >= 4 is 23.3 Å². The molecule has 0 saturated carbocycles. The molecule has 0 spiro atoms. The first kappa shape index (κ1) is 15.2. The van der Waals surface area contributed by atoms with E-state index in [4.69, 9.17) is 22.5 Å². The summed E-state index contributed by atoms with van der Waals surface area (Å²) >= 11 is 5.38. The predicted molar refractivity (Wildman–Crippen MR) is 66.3 cm³/mol. The average molecular weight is 292 g/mol. The zero-order valence-electron chi connectivity index (χ0n) is 9.95. The van der Waals surface area contributed by atoms with Gasteiger partial charge in [0.15, 0.2) is 0 Å². The van der Waals surface area contributed by atoms with Crippen molar-refractivity contribution in [3.63, 3.8) is 0 Å². The van der Waals surface area contributed by atoms with Crippen LogP contribution in [0.5, 0.6) is 0 Å². The summed E-state index contributed by atoms with van der Waals surface area (Å²) in [6.45, 7) is 1.57. The van der Waals surface area contributed by atoms with Crippen LogP contribution in [0, 0.1) is 11.6 Å². The lowest BCUT2D eigenvalue weighted by Crippen LogP contribution is -2.36. The molecule has 0 aliphatic rings. The minimum Gasteiger partial charge on any atom is -0.409 e. The van der Waals surface area contributed by atoms with E-state index in [0.717, 1.165) is 6.07 Å². The van der Waals surface area contributed by atoms with Gasteiger partial charge in [-0.25, -0.2) is 8.78 Å². The first-order valence-corrected chi connectivity index (χ1v) is 5.64. The van der Waals surface area contributed by atoms with Crippen molar-refractivity contribution in [1.82, 2.24) is 5.32 Å². The van der Waals surface area contributed by atoms with Gasteiger partial charge in [0, 0.05) is 12.5 Å². The zero-order chi connectivity index (χ0) is 14.6. The second kappa shape index (κ2) is 6.33. The summed E-state index contributed by atoms with van der Waals surface area (Å²) in [6.07, 6.45) is 0.0694. The van der Waals surface area contributed by atoms with Crippen molar-refractivity contribution in [2.45, 2.75) is 19.4 Å². The third kappa shape index (κ3) is 4.06. The van der Waals surface area contributed by atoms with Crippen LogP contribution in [-0.2, 0) is 0 Å². The first-order chi connectivity index (χ1) is 8.85. The van der Waals surface area contributed by atoms with Crippen molar-refractivity contribution in [3.8, 4) is 0 Å². The average Bonchev–Trinajstić information content (AvgIpc) is 2.33. The number of halogens is 3. The summed E-state index contributed by atoms with van der Waals surface area (Å²) in [4.78, 5) is 11.7. The largest absolute Gasteiger partial charge is 0.409 e. The molecule has 1 rings (SSSR count). The maximum absolute atomic E-state index is 13.5. The minimum atomic E-state index is -0.931. The molecule has 1 aromatic rings.